The molecular formula is C40H43NO3P2. The first kappa shape index (κ1) is 32.5. The molecule has 5 atom stereocenters. The van der Waals surface area contributed by atoms with Gasteiger partial charge in [0.2, 0.25) is 5.91 Å². The molecule has 2 fully saturated rings. The van der Waals surface area contributed by atoms with Gasteiger partial charge < -0.3 is 4.90 Å². The predicted molar refractivity (Wildman–Crippen MR) is 193 cm³/mol. The third kappa shape index (κ3) is 7.25. The van der Waals surface area contributed by atoms with E-state index in [1.165, 1.54) is 21.2 Å². The second kappa shape index (κ2) is 15.0. The van der Waals surface area contributed by atoms with Crippen LogP contribution in [0, 0.1) is 17.8 Å². The number of carbonyl (C=O) groups is 3. The molecule has 0 aromatic heterocycles. The van der Waals surface area contributed by atoms with Crippen molar-refractivity contribution < 1.29 is 14.4 Å². The number of benzene rings is 4. The van der Waals surface area contributed by atoms with Gasteiger partial charge in [-0.1, -0.05) is 121 Å². The highest BCUT2D eigenvalue weighted by Crippen LogP contribution is 2.49. The molecule has 0 radical (unpaired) electrons. The van der Waals surface area contributed by atoms with Crippen LogP contribution in [-0.2, 0) is 14.4 Å². The molecule has 6 rings (SSSR count). The smallest absolute Gasteiger partial charge is 0.225 e. The minimum absolute atomic E-state index is 0.0295. The number of nitrogens with zero attached hydrogens (tertiary/aromatic N) is 1. The van der Waals surface area contributed by atoms with Crippen molar-refractivity contribution in [2.45, 2.75) is 51.2 Å². The summed E-state index contributed by atoms with van der Waals surface area (Å²) in [4.78, 5) is 42.0. The van der Waals surface area contributed by atoms with Crippen LogP contribution in [0.3, 0.4) is 0 Å². The molecule has 4 aromatic rings. The maximum absolute atomic E-state index is 14.7. The van der Waals surface area contributed by atoms with Crippen molar-refractivity contribution in [3.05, 3.63) is 121 Å². The van der Waals surface area contributed by atoms with Gasteiger partial charge in [-0.15, -0.1) is 0 Å². The molecule has 0 bridgehead atoms. The van der Waals surface area contributed by atoms with Crippen molar-refractivity contribution in [1.82, 2.24) is 4.90 Å². The van der Waals surface area contributed by atoms with Crippen molar-refractivity contribution in [3.63, 3.8) is 0 Å². The summed E-state index contributed by atoms with van der Waals surface area (Å²) in [6.45, 7) is 3.89. The van der Waals surface area contributed by atoms with E-state index in [1.54, 1.807) is 13.8 Å². The highest BCUT2D eigenvalue weighted by molar-refractivity contribution is 7.74. The van der Waals surface area contributed by atoms with Gasteiger partial charge in [0.1, 0.15) is 11.6 Å². The van der Waals surface area contributed by atoms with E-state index in [0.29, 0.717) is 31.5 Å². The SMILES string of the molecule is CC(=O)C1CCC(C(=O)N2CC(P(c3ccccc3)c3ccccc3)CC2CP(c2ccccc2)c2ccccc2)CC1C(C)=O. The Hall–Kier alpha value is -3.45. The fourth-order valence-electron chi connectivity index (χ4n) is 7.62. The third-order valence-electron chi connectivity index (χ3n) is 9.88. The normalized spacial score (nSPS) is 23.0. The molecule has 2 aliphatic rings. The lowest BCUT2D eigenvalue weighted by molar-refractivity contribution is -0.141. The first-order valence-corrected chi connectivity index (χ1v) is 19.4. The average molecular weight is 648 g/mol. The van der Waals surface area contributed by atoms with Crippen LogP contribution < -0.4 is 21.2 Å². The third-order valence-corrected chi connectivity index (χ3v) is 15.3. The molecule has 236 valence electrons. The standard InChI is InChI=1S/C40H43NO3P2/c1-29(42)38-24-23-31(25-39(38)30(2)43)40(44)41-27-37(46(35-19-11-5-12-20-35)36-21-13-6-14-22-36)26-32(41)28-45(33-15-7-3-8-16-33)34-17-9-4-10-18-34/h3-22,31-32,37-39H,23-28H2,1-2H3. The van der Waals surface area contributed by atoms with Crippen molar-refractivity contribution in [2.75, 3.05) is 12.7 Å². The maximum atomic E-state index is 14.7. The summed E-state index contributed by atoms with van der Waals surface area (Å²) in [5.74, 6) is -0.594. The largest absolute Gasteiger partial charge is 0.338 e. The summed E-state index contributed by atoms with van der Waals surface area (Å²) >= 11 is 0. The monoisotopic (exact) mass is 647 g/mol. The van der Waals surface area contributed by atoms with Gasteiger partial charge in [0, 0.05) is 36.0 Å². The van der Waals surface area contributed by atoms with Crippen molar-refractivity contribution in [1.29, 1.82) is 0 Å². The minimum atomic E-state index is -0.701. The van der Waals surface area contributed by atoms with Crippen LogP contribution in [0.4, 0.5) is 0 Å². The summed E-state index contributed by atoms with van der Waals surface area (Å²) in [7, 11) is -1.40. The van der Waals surface area contributed by atoms with Crippen molar-refractivity contribution >= 4 is 54.5 Å². The lowest BCUT2D eigenvalue weighted by Gasteiger charge is -2.37. The highest BCUT2D eigenvalue weighted by Gasteiger charge is 2.45. The van der Waals surface area contributed by atoms with Gasteiger partial charge in [-0.05, 0) is 82.8 Å². The van der Waals surface area contributed by atoms with Gasteiger partial charge in [0.05, 0.1) is 0 Å². The molecule has 46 heavy (non-hydrogen) atoms. The Morgan fingerprint density at radius 3 is 1.52 bits per heavy atom. The topological polar surface area (TPSA) is 54.5 Å². The molecule has 1 aliphatic heterocycles. The van der Waals surface area contributed by atoms with E-state index in [0.717, 1.165) is 12.6 Å². The van der Waals surface area contributed by atoms with E-state index in [1.807, 2.05) is 0 Å². The second-order valence-electron chi connectivity index (χ2n) is 12.8. The molecule has 1 aliphatic carbocycles. The number of amides is 1. The molecule has 5 unspecified atom stereocenters. The molecular weight excluding hydrogens is 604 g/mol. The van der Waals surface area contributed by atoms with Gasteiger partial charge in [-0.25, -0.2) is 0 Å². The molecule has 0 spiro atoms. The summed E-state index contributed by atoms with van der Waals surface area (Å²) in [6.07, 6.45) is 3.60. The first-order valence-electron chi connectivity index (χ1n) is 16.5. The molecule has 1 amide bonds. The number of hydrogen-bond acceptors (Lipinski definition) is 3. The first-order chi connectivity index (χ1) is 22.4. The summed E-state index contributed by atoms with van der Waals surface area (Å²) in [5, 5.41) is 5.33. The highest BCUT2D eigenvalue weighted by atomic mass is 31.1. The van der Waals surface area contributed by atoms with Crippen LogP contribution in [0.5, 0.6) is 0 Å². The van der Waals surface area contributed by atoms with Crippen molar-refractivity contribution in [2.24, 2.45) is 17.8 Å². The number of hydrogen-bond donors (Lipinski definition) is 0. The molecule has 4 aromatic carbocycles. The minimum Gasteiger partial charge on any atom is -0.338 e. The maximum Gasteiger partial charge on any atom is 0.225 e. The Balaban J connectivity index is 1.36. The number of carbonyl (C=O) groups excluding carboxylic acids is 3. The van der Waals surface area contributed by atoms with E-state index in [4.69, 9.17) is 0 Å². The molecule has 4 nitrogen and oxygen atoms in total. The van der Waals surface area contributed by atoms with E-state index in [-0.39, 0.29) is 41.3 Å². The van der Waals surface area contributed by atoms with E-state index in [2.05, 4.69) is 126 Å². The number of likely N-dealkylation sites (tertiary alicyclic amines) is 1. The Morgan fingerprint density at radius 2 is 1.07 bits per heavy atom. The van der Waals surface area contributed by atoms with Crippen LogP contribution in [-0.4, -0.2) is 46.8 Å². The fraction of sp³-hybridized carbons (Fsp3) is 0.325. The lowest BCUT2D eigenvalue weighted by Crippen LogP contribution is -2.45. The van der Waals surface area contributed by atoms with E-state index in [9.17, 15) is 14.4 Å². The quantitative estimate of drug-likeness (QED) is 0.187. The summed E-state index contributed by atoms with van der Waals surface area (Å²) in [5.41, 5.74) is 0.314. The molecule has 6 heteroatoms. The van der Waals surface area contributed by atoms with Crippen LogP contribution in [0.15, 0.2) is 121 Å². The Bertz CT molecular complexity index is 1540. The molecule has 1 saturated heterocycles. The number of Topliss-reactive ketones (excluding diaryl/α,β-unsaturated/α-hetero) is 2. The Kier molecular flexibility index (Phi) is 10.6. The van der Waals surface area contributed by atoms with Gasteiger partial charge in [-0.2, -0.15) is 0 Å². The molecule has 0 N–H and O–H groups in total. The summed E-state index contributed by atoms with van der Waals surface area (Å²) in [6, 6.07) is 43.3. The zero-order valence-corrected chi connectivity index (χ0v) is 28.5. The zero-order valence-electron chi connectivity index (χ0n) is 26.7. The second-order valence-corrected chi connectivity index (χ2v) is 17.6. The van der Waals surface area contributed by atoms with Crippen LogP contribution in [0.25, 0.3) is 0 Å². The predicted octanol–water partition coefficient (Wildman–Crippen LogP) is 6.43. The zero-order chi connectivity index (χ0) is 32.0. The van der Waals surface area contributed by atoms with Gasteiger partial charge in [-0.3, -0.25) is 14.4 Å². The van der Waals surface area contributed by atoms with Gasteiger partial charge >= 0.3 is 0 Å². The molecule has 1 saturated carbocycles. The summed E-state index contributed by atoms with van der Waals surface area (Å²) < 4.78 is 0. The van der Waals surface area contributed by atoms with E-state index < -0.39 is 15.8 Å². The molecule has 1 heterocycles. The Labute approximate surface area is 276 Å². The van der Waals surface area contributed by atoms with Crippen LogP contribution >= 0.6 is 15.8 Å². The van der Waals surface area contributed by atoms with Crippen LogP contribution in [0.1, 0.15) is 39.5 Å². The van der Waals surface area contributed by atoms with Gasteiger partial charge in [0.25, 0.3) is 0 Å². The lowest BCUT2D eigenvalue weighted by atomic mass is 9.70. The Morgan fingerprint density at radius 1 is 0.609 bits per heavy atom. The average Bonchev–Trinajstić information content (AvgIpc) is 3.51. The van der Waals surface area contributed by atoms with E-state index >= 15 is 0 Å². The number of ketones is 2. The number of rotatable bonds is 10. The van der Waals surface area contributed by atoms with Crippen molar-refractivity contribution in [3.8, 4) is 0 Å². The van der Waals surface area contributed by atoms with Crippen LogP contribution in [0.2, 0.25) is 0 Å². The van der Waals surface area contributed by atoms with Gasteiger partial charge in [0.15, 0.2) is 0 Å². The fourth-order valence-corrected chi connectivity index (χ4v) is 13.1.